The fourth-order valence-electron chi connectivity index (χ4n) is 1.50. The molecule has 0 radical (unpaired) electrons. The Labute approximate surface area is 154 Å². The zero-order valence-electron chi connectivity index (χ0n) is 11.1. The molecule has 0 unspecified atom stereocenters. The predicted octanol–water partition coefficient (Wildman–Crippen LogP) is 3.86. The molecule has 23 heavy (non-hydrogen) atoms. The summed E-state index contributed by atoms with van der Waals surface area (Å²) in [5.74, 6) is -0.609. The summed E-state index contributed by atoms with van der Waals surface area (Å²) in [4.78, 5) is 15.8. The van der Waals surface area contributed by atoms with Gasteiger partial charge in [-0.05, 0) is 39.7 Å². The van der Waals surface area contributed by atoms with E-state index < -0.39 is 5.91 Å². The van der Waals surface area contributed by atoms with Gasteiger partial charge in [0.2, 0.25) is 0 Å². The van der Waals surface area contributed by atoms with E-state index in [1.807, 2.05) is 0 Å². The van der Waals surface area contributed by atoms with E-state index in [0.29, 0.717) is 10.0 Å². The molecule has 6 nitrogen and oxygen atoms in total. The number of pyridine rings is 1. The van der Waals surface area contributed by atoms with E-state index in [0.717, 1.165) is 0 Å². The number of aromatic nitrogens is 1. The molecule has 2 rings (SSSR count). The molecule has 120 valence electrons. The third-order valence-electron chi connectivity index (χ3n) is 2.64. The van der Waals surface area contributed by atoms with Gasteiger partial charge in [0.05, 0.1) is 21.4 Å². The van der Waals surface area contributed by atoms with Crippen molar-refractivity contribution >= 4 is 68.5 Å². The second-order valence-corrected chi connectivity index (χ2v) is 6.17. The Morgan fingerprint density at radius 1 is 1.35 bits per heavy atom. The van der Waals surface area contributed by atoms with Crippen LogP contribution in [0.1, 0.15) is 16.1 Å². The van der Waals surface area contributed by atoms with Gasteiger partial charge >= 0.3 is 0 Å². The van der Waals surface area contributed by atoms with Crippen LogP contribution in [0, 0.1) is 0 Å². The molecule has 0 atom stereocenters. The van der Waals surface area contributed by atoms with Crippen molar-refractivity contribution in [1.82, 2.24) is 10.4 Å². The summed E-state index contributed by atoms with van der Waals surface area (Å²) in [6.45, 7) is 0. The van der Waals surface area contributed by atoms with Crippen LogP contribution >= 0.6 is 50.7 Å². The second kappa shape index (κ2) is 7.35. The third kappa shape index (κ3) is 4.06. The molecule has 0 saturated heterocycles. The molecule has 1 aromatic heterocycles. The predicted molar refractivity (Wildman–Crippen MR) is 94.5 cm³/mol. The number of rotatable bonds is 3. The second-order valence-electron chi connectivity index (χ2n) is 4.20. The SMILES string of the molecule is Nc1c(Cl)c(Cl)nc(C(=O)N/N=C/c2ccc(O)c(Br)c2)c1Cl. The van der Waals surface area contributed by atoms with E-state index in [-0.39, 0.29) is 32.3 Å². The number of phenolic OH excluding ortho intramolecular Hbond substituents is 1. The molecular formula is C13H8BrCl3N4O2. The van der Waals surface area contributed by atoms with E-state index in [9.17, 15) is 9.90 Å². The average molecular weight is 438 g/mol. The van der Waals surface area contributed by atoms with Crippen molar-refractivity contribution in [1.29, 1.82) is 0 Å². The highest BCUT2D eigenvalue weighted by molar-refractivity contribution is 9.10. The number of hydrogen-bond donors (Lipinski definition) is 3. The van der Waals surface area contributed by atoms with Gasteiger partial charge in [0.15, 0.2) is 10.8 Å². The maximum absolute atomic E-state index is 12.0. The molecule has 0 aliphatic rings. The van der Waals surface area contributed by atoms with Crippen LogP contribution in [0.15, 0.2) is 27.8 Å². The number of aromatic hydroxyl groups is 1. The van der Waals surface area contributed by atoms with Crippen molar-refractivity contribution in [3.05, 3.63) is 49.1 Å². The quantitative estimate of drug-likeness (QED) is 0.385. The lowest BCUT2D eigenvalue weighted by Crippen LogP contribution is -2.20. The minimum atomic E-state index is -0.700. The number of anilines is 1. The number of carbonyl (C=O) groups excluding carboxylic acids is 1. The van der Waals surface area contributed by atoms with Crippen LogP contribution in [0.3, 0.4) is 0 Å². The first-order chi connectivity index (χ1) is 10.8. The Morgan fingerprint density at radius 2 is 2.04 bits per heavy atom. The number of amides is 1. The molecule has 0 aliphatic carbocycles. The minimum absolute atomic E-state index is 0.0225. The molecular weight excluding hydrogens is 430 g/mol. The molecule has 2 aromatic rings. The lowest BCUT2D eigenvalue weighted by Gasteiger charge is -2.07. The Morgan fingerprint density at radius 3 is 2.70 bits per heavy atom. The number of carbonyl (C=O) groups is 1. The summed E-state index contributed by atoms with van der Waals surface area (Å²) in [6.07, 6.45) is 1.37. The standard InChI is InChI=1S/C13H8BrCl3N4O2/c14-6-3-5(1-2-7(6)22)4-19-21-13(23)11-8(15)10(18)9(16)12(17)20-11/h1-4,22H,(H2,18,20)(H,21,23)/b19-4+. The Balaban J connectivity index is 2.17. The molecule has 1 heterocycles. The van der Waals surface area contributed by atoms with Crippen LogP contribution in [0.2, 0.25) is 15.2 Å². The highest BCUT2D eigenvalue weighted by atomic mass is 79.9. The third-order valence-corrected chi connectivity index (χ3v) is 4.41. The van der Waals surface area contributed by atoms with Gasteiger partial charge in [0, 0.05) is 0 Å². The van der Waals surface area contributed by atoms with E-state index in [2.05, 4.69) is 31.4 Å². The normalized spacial score (nSPS) is 11.0. The van der Waals surface area contributed by atoms with Gasteiger partial charge < -0.3 is 10.8 Å². The van der Waals surface area contributed by atoms with E-state index >= 15 is 0 Å². The van der Waals surface area contributed by atoms with E-state index in [4.69, 9.17) is 40.5 Å². The van der Waals surface area contributed by atoms with Gasteiger partial charge in [0.1, 0.15) is 10.8 Å². The van der Waals surface area contributed by atoms with Crippen molar-refractivity contribution in [2.45, 2.75) is 0 Å². The first kappa shape index (κ1) is 17.8. The van der Waals surface area contributed by atoms with Crippen LogP contribution in [-0.4, -0.2) is 22.2 Å². The summed E-state index contributed by atoms with van der Waals surface area (Å²) in [5.41, 5.74) is 8.29. The summed E-state index contributed by atoms with van der Waals surface area (Å²) >= 11 is 20.6. The van der Waals surface area contributed by atoms with Gasteiger partial charge in [0.25, 0.3) is 5.91 Å². The molecule has 0 saturated carbocycles. The number of nitrogen functional groups attached to an aromatic ring is 1. The molecule has 0 bridgehead atoms. The molecule has 4 N–H and O–H groups in total. The lowest BCUT2D eigenvalue weighted by molar-refractivity contribution is 0.0950. The van der Waals surface area contributed by atoms with Crippen molar-refractivity contribution in [2.24, 2.45) is 5.10 Å². The van der Waals surface area contributed by atoms with Gasteiger partial charge in [-0.25, -0.2) is 10.4 Å². The number of halogens is 4. The number of phenols is 1. The molecule has 0 spiro atoms. The van der Waals surface area contributed by atoms with Crippen LogP contribution < -0.4 is 11.2 Å². The van der Waals surface area contributed by atoms with Gasteiger partial charge in [-0.15, -0.1) is 0 Å². The number of benzene rings is 1. The van der Waals surface area contributed by atoms with Crippen LogP contribution in [0.4, 0.5) is 5.69 Å². The molecule has 10 heteroatoms. The molecule has 1 amide bonds. The lowest BCUT2D eigenvalue weighted by atomic mass is 10.2. The maximum Gasteiger partial charge on any atom is 0.291 e. The first-order valence-electron chi connectivity index (χ1n) is 5.93. The monoisotopic (exact) mass is 436 g/mol. The van der Waals surface area contributed by atoms with E-state index in [1.165, 1.54) is 12.3 Å². The molecule has 0 fully saturated rings. The van der Waals surface area contributed by atoms with Gasteiger partial charge in [-0.2, -0.15) is 5.10 Å². The average Bonchev–Trinajstić information content (AvgIpc) is 2.52. The number of nitrogens with one attached hydrogen (secondary N) is 1. The van der Waals surface area contributed by atoms with E-state index in [1.54, 1.807) is 12.1 Å². The highest BCUT2D eigenvalue weighted by Gasteiger charge is 2.19. The van der Waals surface area contributed by atoms with Crippen LogP contribution in [0.5, 0.6) is 5.75 Å². The topological polar surface area (TPSA) is 101 Å². The fraction of sp³-hybridized carbons (Fsp3) is 0. The molecule has 0 aliphatic heterocycles. The van der Waals surface area contributed by atoms with Crippen LogP contribution in [0.25, 0.3) is 0 Å². The molecule has 1 aromatic carbocycles. The highest BCUT2D eigenvalue weighted by Crippen LogP contribution is 2.34. The van der Waals surface area contributed by atoms with Crippen LogP contribution in [-0.2, 0) is 0 Å². The summed E-state index contributed by atoms with van der Waals surface area (Å²) < 4.78 is 0.495. The van der Waals surface area contributed by atoms with Crippen molar-refractivity contribution < 1.29 is 9.90 Å². The van der Waals surface area contributed by atoms with Crippen molar-refractivity contribution in [2.75, 3.05) is 5.73 Å². The Hall–Kier alpha value is -1.54. The smallest absolute Gasteiger partial charge is 0.291 e. The summed E-state index contributed by atoms with van der Waals surface area (Å²) in [7, 11) is 0. The zero-order chi connectivity index (χ0) is 17.1. The minimum Gasteiger partial charge on any atom is -0.507 e. The Bertz CT molecular complexity index is 814. The number of hydrogen-bond acceptors (Lipinski definition) is 5. The fourth-order valence-corrected chi connectivity index (χ4v) is 2.49. The number of nitrogens with zero attached hydrogens (tertiary/aromatic N) is 2. The van der Waals surface area contributed by atoms with Gasteiger partial charge in [-0.3, -0.25) is 4.79 Å². The summed E-state index contributed by atoms with van der Waals surface area (Å²) in [6, 6.07) is 4.71. The number of hydrazone groups is 1. The number of nitrogens with two attached hydrogens (primary N) is 1. The first-order valence-corrected chi connectivity index (χ1v) is 7.85. The Kier molecular flexibility index (Phi) is 5.69. The summed E-state index contributed by atoms with van der Waals surface area (Å²) in [5, 5.41) is 12.9. The van der Waals surface area contributed by atoms with Crippen molar-refractivity contribution in [3.8, 4) is 5.75 Å². The van der Waals surface area contributed by atoms with Gasteiger partial charge in [-0.1, -0.05) is 34.8 Å². The largest absolute Gasteiger partial charge is 0.507 e. The zero-order valence-corrected chi connectivity index (χ0v) is 15.0. The maximum atomic E-state index is 12.0. The van der Waals surface area contributed by atoms with Crippen molar-refractivity contribution in [3.63, 3.8) is 0 Å².